The van der Waals surface area contributed by atoms with E-state index in [0.717, 1.165) is 11.4 Å². The topological polar surface area (TPSA) is 0 Å². The smallest absolute Gasteiger partial charge is 0.0408 e. The van der Waals surface area contributed by atoms with Crippen LogP contribution in [0.4, 0.5) is 0 Å². The van der Waals surface area contributed by atoms with Gasteiger partial charge >= 0.3 is 0 Å². The van der Waals surface area contributed by atoms with Gasteiger partial charge in [0.05, 0.1) is 0 Å². The molecule has 0 fully saturated rings. The van der Waals surface area contributed by atoms with Gasteiger partial charge in [0.25, 0.3) is 0 Å². The molecule has 0 saturated carbocycles. The summed E-state index contributed by atoms with van der Waals surface area (Å²) in [5, 5.41) is 0.952. The summed E-state index contributed by atoms with van der Waals surface area (Å²) < 4.78 is 0. The molecular weight excluding hydrogens is 179 g/mol. The monoisotopic (exact) mass is 188 g/mol. The molecule has 0 heterocycles. The molecule has 0 bridgehead atoms. The van der Waals surface area contributed by atoms with E-state index < -0.39 is 0 Å². The van der Waals surface area contributed by atoms with Gasteiger partial charge in [-0.1, -0.05) is 23.7 Å². The number of hydrogen-bond donors (Lipinski definition) is 0. The Morgan fingerprint density at radius 1 is 1.45 bits per heavy atom. The normalized spacial score (nSPS) is 13.0. The molecule has 60 valence electrons. The van der Waals surface area contributed by atoms with Gasteiger partial charge in [-0.3, -0.25) is 0 Å². The van der Waals surface area contributed by atoms with Crippen LogP contribution in [0.3, 0.4) is 0 Å². The number of benzene rings is 1. The van der Waals surface area contributed by atoms with Crippen molar-refractivity contribution in [2.45, 2.75) is 18.7 Å². The second-order valence-electron chi connectivity index (χ2n) is 2.61. The third kappa shape index (κ3) is 3.13. The zero-order valence-electron chi connectivity index (χ0n) is 6.35. The van der Waals surface area contributed by atoms with E-state index in [0.29, 0.717) is 0 Å². The number of halogens is 2. The van der Waals surface area contributed by atoms with E-state index in [1.54, 1.807) is 0 Å². The minimum absolute atomic E-state index is 0.175. The average molecular weight is 189 g/mol. The van der Waals surface area contributed by atoms with Crippen LogP contribution in [-0.4, -0.2) is 5.38 Å². The molecule has 0 nitrogen and oxygen atoms in total. The van der Waals surface area contributed by atoms with Crippen molar-refractivity contribution in [3.05, 3.63) is 34.9 Å². The molecule has 11 heavy (non-hydrogen) atoms. The van der Waals surface area contributed by atoms with Crippen molar-refractivity contribution < 1.29 is 0 Å². The van der Waals surface area contributed by atoms with Gasteiger partial charge in [-0.25, -0.2) is 0 Å². The summed E-state index contributed by atoms with van der Waals surface area (Å²) in [5.74, 6) is 0. The summed E-state index contributed by atoms with van der Waals surface area (Å²) >= 11 is 11.6. The van der Waals surface area contributed by atoms with Crippen molar-refractivity contribution in [2.75, 3.05) is 0 Å². The zero-order valence-corrected chi connectivity index (χ0v) is 7.86. The molecule has 0 aliphatic rings. The Morgan fingerprint density at radius 3 is 2.73 bits per heavy atom. The van der Waals surface area contributed by atoms with E-state index in [1.807, 2.05) is 31.2 Å². The quantitative estimate of drug-likeness (QED) is 0.624. The molecule has 1 unspecified atom stereocenters. The van der Waals surface area contributed by atoms with Crippen LogP contribution in [0.1, 0.15) is 12.5 Å². The minimum atomic E-state index is 0.175. The first kappa shape index (κ1) is 8.89. The molecule has 1 rings (SSSR count). The van der Waals surface area contributed by atoms with Gasteiger partial charge in [0.15, 0.2) is 0 Å². The summed E-state index contributed by atoms with van der Waals surface area (Å²) in [4.78, 5) is 0. The maximum Gasteiger partial charge on any atom is 0.0408 e. The Labute approximate surface area is 77.1 Å². The third-order valence-electron chi connectivity index (χ3n) is 1.41. The van der Waals surface area contributed by atoms with Crippen LogP contribution in [0.15, 0.2) is 24.3 Å². The van der Waals surface area contributed by atoms with Crippen LogP contribution < -0.4 is 0 Å². The highest BCUT2D eigenvalue weighted by Gasteiger charge is 1.98. The summed E-state index contributed by atoms with van der Waals surface area (Å²) in [6, 6.07) is 7.78. The predicted octanol–water partition coefficient (Wildman–Crippen LogP) is 3.51. The molecule has 0 saturated heterocycles. The van der Waals surface area contributed by atoms with Crippen molar-refractivity contribution in [2.24, 2.45) is 0 Å². The first-order chi connectivity index (χ1) is 5.18. The Bertz CT molecular complexity index is 231. The van der Waals surface area contributed by atoms with Gasteiger partial charge in [0.2, 0.25) is 0 Å². The van der Waals surface area contributed by atoms with Crippen molar-refractivity contribution in [3.8, 4) is 0 Å². The molecule has 0 aromatic heterocycles. The van der Waals surface area contributed by atoms with Crippen molar-refractivity contribution in [1.29, 1.82) is 0 Å². The number of alkyl halides is 1. The molecule has 1 aromatic rings. The largest absolute Gasteiger partial charge is 0.123 e. The molecule has 0 amide bonds. The van der Waals surface area contributed by atoms with Crippen LogP contribution in [0.2, 0.25) is 5.02 Å². The molecule has 0 radical (unpaired) electrons. The van der Waals surface area contributed by atoms with E-state index in [9.17, 15) is 0 Å². The number of hydrogen-bond acceptors (Lipinski definition) is 0. The van der Waals surface area contributed by atoms with E-state index in [-0.39, 0.29) is 5.38 Å². The lowest BCUT2D eigenvalue weighted by molar-refractivity contribution is 0.931. The van der Waals surface area contributed by atoms with Crippen molar-refractivity contribution >= 4 is 23.2 Å². The second kappa shape index (κ2) is 3.99. The maximum absolute atomic E-state index is 5.82. The molecule has 0 spiro atoms. The molecule has 0 N–H and O–H groups in total. The van der Waals surface area contributed by atoms with E-state index >= 15 is 0 Å². The second-order valence-corrected chi connectivity index (χ2v) is 3.80. The Balaban J connectivity index is 2.71. The predicted molar refractivity (Wildman–Crippen MR) is 50.5 cm³/mol. The van der Waals surface area contributed by atoms with Gasteiger partial charge in [-0.2, -0.15) is 0 Å². The van der Waals surface area contributed by atoms with Crippen LogP contribution in [0, 0.1) is 0 Å². The lowest BCUT2D eigenvalue weighted by Gasteiger charge is -2.02. The van der Waals surface area contributed by atoms with Gasteiger partial charge in [0, 0.05) is 10.4 Å². The highest BCUT2D eigenvalue weighted by Crippen LogP contribution is 2.13. The summed E-state index contributed by atoms with van der Waals surface area (Å²) in [5.41, 5.74) is 1.19. The van der Waals surface area contributed by atoms with Crippen LogP contribution >= 0.6 is 23.2 Å². The van der Waals surface area contributed by atoms with Gasteiger partial charge in [-0.05, 0) is 31.0 Å². The van der Waals surface area contributed by atoms with E-state index in [1.165, 1.54) is 5.56 Å². The van der Waals surface area contributed by atoms with Crippen LogP contribution in [0.5, 0.6) is 0 Å². The SMILES string of the molecule is CC(Cl)Cc1cccc(Cl)c1. The summed E-state index contributed by atoms with van der Waals surface area (Å²) in [7, 11) is 0. The van der Waals surface area contributed by atoms with Crippen LogP contribution in [-0.2, 0) is 6.42 Å². The fourth-order valence-electron chi connectivity index (χ4n) is 0.989. The standard InChI is InChI=1S/C9H10Cl2/c1-7(10)5-8-3-2-4-9(11)6-8/h2-4,6-7H,5H2,1H3. The van der Waals surface area contributed by atoms with Crippen molar-refractivity contribution in [3.63, 3.8) is 0 Å². The zero-order chi connectivity index (χ0) is 8.27. The maximum atomic E-state index is 5.82. The van der Waals surface area contributed by atoms with Crippen LogP contribution in [0.25, 0.3) is 0 Å². The Hall–Kier alpha value is -0.200. The summed E-state index contributed by atoms with van der Waals surface area (Å²) in [6.07, 6.45) is 0.877. The third-order valence-corrected chi connectivity index (χ3v) is 1.80. The lowest BCUT2D eigenvalue weighted by Crippen LogP contribution is -1.96. The highest BCUT2D eigenvalue weighted by molar-refractivity contribution is 6.30. The molecule has 1 aromatic carbocycles. The fraction of sp³-hybridized carbons (Fsp3) is 0.333. The molecule has 0 aliphatic carbocycles. The molecule has 1 atom stereocenters. The Morgan fingerprint density at radius 2 is 2.18 bits per heavy atom. The van der Waals surface area contributed by atoms with Gasteiger partial charge in [0.1, 0.15) is 0 Å². The van der Waals surface area contributed by atoms with E-state index in [4.69, 9.17) is 23.2 Å². The minimum Gasteiger partial charge on any atom is -0.123 e. The first-order valence-electron chi connectivity index (χ1n) is 3.57. The van der Waals surface area contributed by atoms with Gasteiger partial charge < -0.3 is 0 Å². The summed E-state index contributed by atoms with van der Waals surface area (Å²) in [6.45, 7) is 1.97. The Kier molecular flexibility index (Phi) is 3.22. The van der Waals surface area contributed by atoms with Crippen molar-refractivity contribution in [1.82, 2.24) is 0 Å². The lowest BCUT2D eigenvalue weighted by atomic mass is 10.1. The molecular formula is C9H10Cl2. The highest BCUT2D eigenvalue weighted by atomic mass is 35.5. The number of rotatable bonds is 2. The molecule has 0 aliphatic heterocycles. The fourth-order valence-corrected chi connectivity index (χ4v) is 1.38. The molecule has 2 heteroatoms. The first-order valence-corrected chi connectivity index (χ1v) is 4.38. The average Bonchev–Trinajstić information content (AvgIpc) is 1.85. The van der Waals surface area contributed by atoms with E-state index in [2.05, 4.69) is 0 Å². The van der Waals surface area contributed by atoms with Gasteiger partial charge in [-0.15, -0.1) is 11.6 Å².